The molecule has 2 amide bonds. The van der Waals surface area contributed by atoms with Crippen molar-refractivity contribution in [1.82, 2.24) is 10.2 Å². The molecule has 19 heavy (non-hydrogen) atoms. The molecule has 1 aliphatic carbocycles. The average molecular weight is 266 g/mol. The molecule has 2 rings (SSSR count). The minimum absolute atomic E-state index is 0.00820. The first-order valence-corrected chi connectivity index (χ1v) is 7.47. The lowest BCUT2D eigenvalue weighted by molar-refractivity contribution is -0.154. The van der Waals surface area contributed by atoms with E-state index in [1.54, 1.807) is 6.92 Å². The van der Waals surface area contributed by atoms with Crippen LogP contribution >= 0.6 is 0 Å². The molecule has 1 saturated carbocycles. The van der Waals surface area contributed by atoms with Crippen LogP contribution in [0.25, 0.3) is 0 Å². The van der Waals surface area contributed by atoms with Gasteiger partial charge in [-0.3, -0.25) is 9.59 Å². The van der Waals surface area contributed by atoms with Crippen molar-refractivity contribution in [1.29, 1.82) is 0 Å². The fourth-order valence-electron chi connectivity index (χ4n) is 3.57. The third kappa shape index (κ3) is 2.37. The van der Waals surface area contributed by atoms with Gasteiger partial charge in [0.05, 0.1) is 0 Å². The van der Waals surface area contributed by atoms with Crippen LogP contribution in [0.5, 0.6) is 0 Å². The van der Waals surface area contributed by atoms with Gasteiger partial charge in [0.25, 0.3) is 0 Å². The number of amides is 2. The summed E-state index contributed by atoms with van der Waals surface area (Å²) in [4.78, 5) is 26.7. The molecule has 2 fully saturated rings. The molecular weight excluding hydrogens is 240 g/mol. The standard InChI is InChI=1S/C15H26N2O2/c1-8(2)13-14(18)16-11(5)15(19)17(13)12-7-6-9(3)10(12)4/h8-13H,6-7H2,1-5H3,(H,16,18). The zero-order valence-corrected chi connectivity index (χ0v) is 12.6. The zero-order valence-electron chi connectivity index (χ0n) is 12.6. The highest BCUT2D eigenvalue weighted by molar-refractivity contribution is 5.97. The van der Waals surface area contributed by atoms with Gasteiger partial charge in [-0.15, -0.1) is 0 Å². The van der Waals surface area contributed by atoms with Crippen LogP contribution < -0.4 is 5.32 Å². The molecule has 0 bridgehead atoms. The summed E-state index contributed by atoms with van der Waals surface area (Å²) in [5.74, 6) is 1.35. The minimum Gasteiger partial charge on any atom is -0.343 e. The first-order chi connectivity index (χ1) is 8.84. The molecule has 0 aromatic carbocycles. The van der Waals surface area contributed by atoms with Gasteiger partial charge in [0.15, 0.2) is 0 Å². The SMILES string of the molecule is CC1NC(=O)C(C(C)C)N(C2CCC(C)C2C)C1=O. The maximum absolute atomic E-state index is 12.5. The first-order valence-electron chi connectivity index (χ1n) is 7.47. The predicted octanol–water partition coefficient (Wildman–Crippen LogP) is 1.79. The third-order valence-electron chi connectivity index (χ3n) is 4.96. The van der Waals surface area contributed by atoms with E-state index in [-0.39, 0.29) is 35.9 Å². The molecule has 1 aliphatic heterocycles. The fourth-order valence-corrected chi connectivity index (χ4v) is 3.57. The van der Waals surface area contributed by atoms with Crippen molar-refractivity contribution >= 4 is 11.8 Å². The van der Waals surface area contributed by atoms with Gasteiger partial charge in [-0.2, -0.15) is 0 Å². The van der Waals surface area contributed by atoms with Crippen molar-refractivity contribution in [2.24, 2.45) is 17.8 Å². The lowest BCUT2D eigenvalue weighted by Gasteiger charge is -2.45. The molecule has 4 heteroatoms. The van der Waals surface area contributed by atoms with Gasteiger partial charge in [0, 0.05) is 6.04 Å². The smallest absolute Gasteiger partial charge is 0.245 e. The van der Waals surface area contributed by atoms with E-state index in [0.29, 0.717) is 11.8 Å². The molecule has 5 atom stereocenters. The van der Waals surface area contributed by atoms with Crippen LogP contribution in [0.4, 0.5) is 0 Å². The Bertz CT molecular complexity index is 380. The van der Waals surface area contributed by atoms with E-state index < -0.39 is 0 Å². The Morgan fingerprint density at radius 3 is 2.26 bits per heavy atom. The van der Waals surface area contributed by atoms with Crippen molar-refractivity contribution in [3.8, 4) is 0 Å². The monoisotopic (exact) mass is 266 g/mol. The molecule has 0 aromatic heterocycles. The number of nitrogens with zero attached hydrogens (tertiary/aromatic N) is 1. The van der Waals surface area contributed by atoms with Gasteiger partial charge in [-0.1, -0.05) is 27.7 Å². The first kappa shape index (κ1) is 14.4. The largest absolute Gasteiger partial charge is 0.343 e. The Kier molecular flexibility index (Phi) is 3.88. The Labute approximate surface area is 115 Å². The van der Waals surface area contributed by atoms with Crippen LogP contribution in [0.15, 0.2) is 0 Å². The maximum Gasteiger partial charge on any atom is 0.245 e. The van der Waals surface area contributed by atoms with Gasteiger partial charge in [-0.25, -0.2) is 0 Å². The van der Waals surface area contributed by atoms with E-state index in [0.717, 1.165) is 12.8 Å². The summed E-state index contributed by atoms with van der Waals surface area (Å²) in [6, 6.07) is -0.463. The van der Waals surface area contributed by atoms with Crippen LogP contribution in [0.3, 0.4) is 0 Å². The van der Waals surface area contributed by atoms with Crippen molar-refractivity contribution in [3.63, 3.8) is 0 Å². The number of carbonyl (C=O) groups is 2. The van der Waals surface area contributed by atoms with Crippen LogP contribution in [0.1, 0.15) is 47.5 Å². The zero-order chi connectivity index (χ0) is 14.3. The summed E-state index contributed by atoms with van der Waals surface area (Å²) in [5, 5.41) is 2.81. The quantitative estimate of drug-likeness (QED) is 0.828. The summed E-state index contributed by atoms with van der Waals surface area (Å²) in [6.45, 7) is 10.3. The Balaban J connectivity index is 2.31. The highest BCUT2D eigenvalue weighted by Gasteiger charge is 2.47. The van der Waals surface area contributed by atoms with Crippen molar-refractivity contribution in [3.05, 3.63) is 0 Å². The van der Waals surface area contributed by atoms with Crippen molar-refractivity contribution < 1.29 is 9.59 Å². The Morgan fingerprint density at radius 1 is 1.16 bits per heavy atom. The number of hydrogen-bond acceptors (Lipinski definition) is 2. The summed E-state index contributed by atoms with van der Waals surface area (Å²) in [6.07, 6.45) is 2.17. The number of rotatable bonds is 2. The van der Waals surface area contributed by atoms with Gasteiger partial charge in [-0.05, 0) is 37.5 Å². The topological polar surface area (TPSA) is 49.4 Å². The second-order valence-corrected chi connectivity index (χ2v) is 6.65. The van der Waals surface area contributed by atoms with Crippen LogP contribution in [0.2, 0.25) is 0 Å². The molecule has 0 aromatic rings. The summed E-state index contributed by atoms with van der Waals surface area (Å²) < 4.78 is 0. The molecule has 1 saturated heterocycles. The summed E-state index contributed by atoms with van der Waals surface area (Å²) in [5.41, 5.74) is 0. The maximum atomic E-state index is 12.5. The van der Waals surface area contributed by atoms with E-state index in [1.165, 1.54) is 0 Å². The van der Waals surface area contributed by atoms with E-state index in [1.807, 2.05) is 18.7 Å². The second kappa shape index (κ2) is 5.14. The summed E-state index contributed by atoms with van der Waals surface area (Å²) in [7, 11) is 0. The van der Waals surface area contributed by atoms with Gasteiger partial charge < -0.3 is 10.2 Å². The molecule has 108 valence electrons. The van der Waals surface area contributed by atoms with E-state index >= 15 is 0 Å². The average Bonchev–Trinajstić information content (AvgIpc) is 2.64. The highest BCUT2D eigenvalue weighted by Crippen LogP contribution is 2.37. The van der Waals surface area contributed by atoms with Crippen LogP contribution in [0, 0.1) is 17.8 Å². The number of hydrogen-bond donors (Lipinski definition) is 1. The lowest BCUT2D eigenvalue weighted by Crippen LogP contribution is -2.66. The number of piperazine rings is 1. The third-order valence-corrected chi connectivity index (χ3v) is 4.96. The Morgan fingerprint density at radius 2 is 1.79 bits per heavy atom. The van der Waals surface area contributed by atoms with Crippen LogP contribution in [-0.2, 0) is 9.59 Å². The van der Waals surface area contributed by atoms with Crippen molar-refractivity contribution in [2.75, 3.05) is 0 Å². The molecule has 1 heterocycles. The van der Waals surface area contributed by atoms with Crippen molar-refractivity contribution in [2.45, 2.75) is 65.6 Å². The molecule has 0 radical (unpaired) electrons. The summed E-state index contributed by atoms with van der Waals surface area (Å²) >= 11 is 0. The van der Waals surface area contributed by atoms with Gasteiger partial charge in [0.2, 0.25) is 11.8 Å². The molecular formula is C15H26N2O2. The molecule has 1 N–H and O–H groups in total. The molecule has 0 spiro atoms. The fraction of sp³-hybridized carbons (Fsp3) is 0.867. The molecule has 2 aliphatic rings. The predicted molar refractivity (Wildman–Crippen MR) is 74.4 cm³/mol. The molecule has 4 nitrogen and oxygen atoms in total. The highest BCUT2D eigenvalue weighted by atomic mass is 16.2. The Hall–Kier alpha value is -1.06. The number of carbonyl (C=O) groups excluding carboxylic acids is 2. The van der Waals surface area contributed by atoms with E-state index in [4.69, 9.17) is 0 Å². The normalized spacial score (nSPS) is 39.9. The van der Waals surface area contributed by atoms with E-state index in [2.05, 4.69) is 19.2 Å². The lowest BCUT2D eigenvalue weighted by atomic mass is 9.90. The van der Waals surface area contributed by atoms with E-state index in [9.17, 15) is 9.59 Å². The number of nitrogens with one attached hydrogen (secondary N) is 1. The van der Waals surface area contributed by atoms with Gasteiger partial charge in [0.1, 0.15) is 12.1 Å². The minimum atomic E-state index is -0.384. The van der Waals surface area contributed by atoms with Crippen LogP contribution in [-0.4, -0.2) is 34.8 Å². The second-order valence-electron chi connectivity index (χ2n) is 6.65. The molecule has 5 unspecified atom stereocenters. The van der Waals surface area contributed by atoms with Gasteiger partial charge >= 0.3 is 0 Å².